The number of carbonyl (C=O) groups excluding carboxylic acids is 1. The summed E-state index contributed by atoms with van der Waals surface area (Å²) in [7, 11) is 1.71. The SMILES string of the molecule is COCC1(C(=O)N2CCC(Cc3ccccc3)C2)CCNCC1. The summed E-state index contributed by atoms with van der Waals surface area (Å²) in [5.74, 6) is 0.902. The van der Waals surface area contributed by atoms with Crippen molar-refractivity contribution in [2.24, 2.45) is 11.3 Å². The molecule has 2 aliphatic rings. The van der Waals surface area contributed by atoms with E-state index in [9.17, 15) is 4.79 Å². The van der Waals surface area contributed by atoms with Crippen molar-refractivity contribution in [2.75, 3.05) is 39.9 Å². The van der Waals surface area contributed by atoms with E-state index in [1.807, 2.05) is 0 Å². The first-order chi connectivity index (χ1) is 11.2. The van der Waals surface area contributed by atoms with Gasteiger partial charge in [-0.2, -0.15) is 0 Å². The molecule has 23 heavy (non-hydrogen) atoms. The molecule has 1 aromatic carbocycles. The molecule has 4 heteroatoms. The molecule has 1 unspecified atom stereocenters. The Morgan fingerprint density at radius 1 is 1.30 bits per heavy atom. The maximum absolute atomic E-state index is 13.1. The van der Waals surface area contributed by atoms with Gasteiger partial charge in [-0.3, -0.25) is 4.79 Å². The van der Waals surface area contributed by atoms with Crippen LogP contribution in [0, 0.1) is 11.3 Å². The number of hydrogen-bond donors (Lipinski definition) is 1. The molecule has 0 bridgehead atoms. The van der Waals surface area contributed by atoms with Crippen LogP contribution in [0.3, 0.4) is 0 Å². The molecule has 0 aromatic heterocycles. The van der Waals surface area contributed by atoms with E-state index in [1.54, 1.807) is 7.11 Å². The molecule has 3 rings (SSSR count). The van der Waals surface area contributed by atoms with Crippen LogP contribution < -0.4 is 5.32 Å². The number of rotatable bonds is 5. The van der Waals surface area contributed by atoms with Gasteiger partial charge in [-0.25, -0.2) is 0 Å². The van der Waals surface area contributed by atoms with Gasteiger partial charge in [-0.05, 0) is 50.3 Å². The number of methoxy groups -OCH3 is 1. The predicted octanol–water partition coefficient (Wildman–Crippen LogP) is 2.09. The number of amides is 1. The molecule has 0 radical (unpaired) electrons. The fourth-order valence-electron chi connectivity index (χ4n) is 4.07. The zero-order chi connectivity index (χ0) is 16.1. The Morgan fingerprint density at radius 3 is 2.74 bits per heavy atom. The second-order valence-corrected chi connectivity index (χ2v) is 7.06. The maximum Gasteiger partial charge on any atom is 0.231 e. The van der Waals surface area contributed by atoms with E-state index in [4.69, 9.17) is 4.74 Å². The monoisotopic (exact) mass is 316 g/mol. The minimum atomic E-state index is -0.304. The predicted molar refractivity (Wildman–Crippen MR) is 91.2 cm³/mol. The number of nitrogens with one attached hydrogen (secondary N) is 1. The number of ether oxygens (including phenoxy) is 1. The van der Waals surface area contributed by atoms with Gasteiger partial charge in [-0.1, -0.05) is 30.3 Å². The van der Waals surface area contributed by atoms with Crippen molar-refractivity contribution in [2.45, 2.75) is 25.7 Å². The molecule has 2 fully saturated rings. The lowest BCUT2D eigenvalue weighted by Gasteiger charge is -2.38. The Morgan fingerprint density at radius 2 is 2.04 bits per heavy atom. The number of piperidine rings is 1. The summed E-state index contributed by atoms with van der Waals surface area (Å²) in [5.41, 5.74) is 1.07. The summed E-state index contributed by atoms with van der Waals surface area (Å²) >= 11 is 0. The van der Waals surface area contributed by atoms with Crippen molar-refractivity contribution in [3.63, 3.8) is 0 Å². The van der Waals surface area contributed by atoms with Crippen molar-refractivity contribution in [3.05, 3.63) is 35.9 Å². The van der Waals surface area contributed by atoms with Crippen LogP contribution in [0.4, 0.5) is 0 Å². The van der Waals surface area contributed by atoms with Crippen molar-refractivity contribution in [3.8, 4) is 0 Å². The van der Waals surface area contributed by atoms with Crippen LogP contribution in [0.5, 0.6) is 0 Å². The molecule has 0 saturated carbocycles. The third kappa shape index (κ3) is 3.75. The number of benzene rings is 1. The fraction of sp³-hybridized carbons (Fsp3) is 0.632. The summed E-state index contributed by atoms with van der Waals surface area (Å²) in [6, 6.07) is 10.6. The third-order valence-corrected chi connectivity index (χ3v) is 5.38. The molecule has 1 aromatic rings. The molecule has 2 saturated heterocycles. The summed E-state index contributed by atoms with van der Waals surface area (Å²) in [6.07, 6.45) is 3.96. The van der Waals surface area contributed by atoms with Gasteiger partial charge in [0.25, 0.3) is 0 Å². The van der Waals surface area contributed by atoms with Gasteiger partial charge in [0.15, 0.2) is 0 Å². The minimum Gasteiger partial charge on any atom is -0.384 e. The van der Waals surface area contributed by atoms with E-state index in [0.717, 1.165) is 51.9 Å². The van der Waals surface area contributed by atoms with Gasteiger partial charge < -0.3 is 15.0 Å². The molecule has 0 aliphatic carbocycles. The fourth-order valence-corrected chi connectivity index (χ4v) is 4.07. The van der Waals surface area contributed by atoms with Gasteiger partial charge in [0.1, 0.15) is 0 Å². The average molecular weight is 316 g/mol. The Balaban J connectivity index is 1.62. The van der Waals surface area contributed by atoms with E-state index in [0.29, 0.717) is 18.4 Å². The second kappa shape index (κ2) is 7.45. The van der Waals surface area contributed by atoms with Crippen molar-refractivity contribution in [1.29, 1.82) is 0 Å². The highest BCUT2D eigenvalue weighted by atomic mass is 16.5. The van der Waals surface area contributed by atoms with Crippen LogP contribution in [-0.2, 0) is 16.0 Å². The Labute approximate surface area is 139 Å². The van der Waals surface area contributed by atoms with Crippen LogP contribution in [0.2, 0.25) is 0 Å². The first-order valence-corrected chi connectivity index (χ1v) is 8.76. The molecular weight excluding hydrogens is 288 g/mol. The lowest BCUT2D eigenvalue weighted by molar-refractivity contribution is -0.146. The van der Waals surface area contributed by atoms with Crippen LogP contribution in [0.25, 0.3) is 0 Å². The standard InChI is InChI=1S/C19H28N2O2/c1-23-15-19(8-10-20-11-9-19)18(22)21-12-7-17(14-21)13-16-5-3-2-4-6-16/h2-6,17,20H,7-15H2,1H3. The Bertz CT molecular complexity index is 506. The zero-order valence-electron chi connectivity index (χ0n) is 14.1. The highest BCUT2D eigenvalue weighted by molar-refractivity contribution is 5.83. The van der Waals surface area contributed by atoms with Crippen LogP contribution in [-0.4, -0.2) is 50.7 Å². The van der Waals surface area contributed by atoms with Gasteiger partial charge in [-0.15, -0.1) is 0 Å². The first-order valence-electron chi connectivity index (χ1n) is 8.76. The van der Waals surface area contributed by atoms with Gasteiger partial charge in [0, 0.05) is 20.2 Å². The van der Waals surface area contributed by atoms with Crippen LogP contribution in [0.1, 0.15) is 24.8 Å². The highest BCUT2D eigenvalue weighted by Crippen LogP contribution is 2.34. The first kappa shape index (κ1) is 16.5. The summed E-state index contributed by atoms with van der Waals surface area (Å²) in [4.78, 5) is 15.2. The molecule has 2 aliphatic heterocycles. The normalized spacial score (nSPS) is 23.9. The van der Waals surface area contributed by atoms with E-state index in [1.165, 1.54) is 5.56 Å². The van der Waals surface area contributed by atoms with Gasteiger partial charge in [0.2, 0.25) is 5.91 Å². The van der Waals surface area contributed by atoms with E-state index >= 15 is 0 Å². The third-order valence-electron chi connectivity index (χ3n) is 5.38. The van der Waals surface area contributed by atoms with E-state index in [2.05, 4.69) is 40.5 Å². The molecule has 2 heterocycles. The van der Waals surface area contributed by atoms with Crippen molar-refractivity contribution >= 4 is 5.91 Å². The number of likely N-dealkylation sites (tertiary alicyclic amines) is 1. The number of carbonyl (C=O) groups is 1. The molecule has 0 spiro atoms. The summed E-state index contributed by atoms with van der Waals surface area (Å²) in [5, 5.41) is 3.36. The lowest BCUT2D eigenvalue weighted by atomic mass is 9.78. The quantitative estimate of drug-likeness (QED) is 0.904. The zero-order valence-corrected chi connectivity index (χ0v) is 14.1. The van der Waals surface area contributed by atoms with Gasteiger partial charge in [0.05, 0.1) is 12.0 Å². The smallest absolute Gasteiger partial charge is 0.231 e. The van der Waals surface area contributed by atoms with E-state index < -0.39 is 0 Å². The molecular formula is C19H28N2O2. The molecule has 1 amide bonds. The van der Waals surface area contributed by atoms with Crippen molar-refractivity contribution < 1.29 is 9.53 Å². The largest absolute Gasteiger partial charge is 0.384 e. The molecule has 1 atom stereocenters. The molecule has 1 N–H and O–H groups in total. The number of nitrogens with zero attached hydrogens (tertiary/aromatic N) is 1. The van der Waals surface area contributed by atoms with Crippen LogP contribution in [0.15, 0.2) is 30.3 Å². The topological polar surface area (TPSA) is 41.6 Å². The van der Waals surface area contributed by atoms with E-state index in [-0.39, 0.29) is 5.41 Å². The lowest BCUT2D eigenvalue weighted by Crippen LogP contribution is -2.51. The second-order valence-electron chi connectivity index (χ2n) is 7.06. The minimum absolute atomic E-state index is 0.304. The van der Waals surface area contributed by atoms with Crippen molar-refractivity contribution in [1.82, 2.24) is 10.2 Å². The molecule has 126 valence electrons. The average Bonchev–Trinajstić information content (AvgIpc) is 3.04. The Hall–Kier alpha value is -1.39. The Kier molecular flexibility index (Phi) is 5.34. The summed E-state index contributed by atoms with van der Waals surface area (Å²) < 4.78 is 5.41. The highest BCUT2D eigenvalue weighted by Gasteiger charge is 2.43. The van der Waals surface area contributed by atoms with Gasteiger partial charge >= 0.3 is 0 Å². The van der Waals surface area contributed by atoms with Crippen LogP contribution >= 0.6 is 0 Å². The molecule has 4 nitrogen and oxygen atoms in total. The maximum atomic E-state index is 13.1. The summed E-state index contributed by atoms with van der Waals surface area (Å²) in [6.45, 7) is 4.17. The number of hydrogen-bond acceptors (Lipinski definition) is 3.